The van der Waals surface area contributed by atoms with Crippen molar-refractivity contribution in [3.8, 4) is 0 Å². The highest BCUT2D eigenvalue weighted by Crippen LogP contribution is 2.06. The van der Waals surface area contributed by atoms with Gasteiger partial charge in [-0.1, -0.05) is 0 Å². The topological polar surface area (TPSA) is 92.5 Å². The zero-order chi connectivity index (χ0) is 10.7. The molecular weight excluding hydrogens is 186 g/mol. The molecule has 14 heavy (non-hydrogen) atoms. The fourth-order valence-corrected chi connectivity index (χ4v) is 1.46. The summed E-state index contributed by atoms with van der Waals surface area (Å²) in [4.78, 5) is 34.4. The minimum absolute atomic E-state index is 0.0114. The number of nitrogens with one attached hydrogen (secondary N) is 1. The summed E-state index contributed by atoms with van der Waals surface area (Å²) in [5, 5.41) is 2.67. The zero-order valence-electron chi connectivity index (χ0n) is 7.95. The fraction of sp³-hybridized carbons (Fsp3) is 0.625. The molecule has 6 heteroatoms. The maximum Gasteiger partial charge on any atom is 0.243 e. The molecule has 0 spiro atoms. The molecule has 1 fully saturated rings. The highest BCUT2D eigenvalue weighted by atomic mass is 16.2. The van der Waals surface area contributed by atoms with Gasteiger partial charge in [0.1, 0.15) is 0 Å². The fourth-order valence-electron chi connectivity index (χ4n) is 1.46. The molecule has 0 bridgehead atoms. The van der Waals surface area contributed by atoms with E-state index in [1.54, 1.807) is 6.92 Å². The van der Waals surface area contributed by atoms with E-state index in [4.69, 9.17) is 5.73 Å². The summed E-state index contributed by atoms with van der Waals surface area (Å²) >= 11 is 0. The molecule has 1 aliphatic heterocycles. The summed E-state index contributed by atoms with van der Waals surface area (Å²) in [6.07, 6.45) is 0.0114. The van der Waals surface area contributed by atoms with Crippen LogP contribution in [0.15, 0.2) is 0 Å². The minimum Gasteiger partial charge on any atom is -0.370 e. The number of primary amides is 1. The first-order valence-electron chi connectivity index (χ1n) is 4.36. The minimum atomic E-state index is -0.517. The Hall–Kier alpha value is -1.43. The lowest BCUT2D eigenvalue weighted by Gasteiger charge is -2.30. The summed E-state index contributed by atoms with van der Waals surface area (Å²) in [6.45, 7) is 1.90. The molecule has 1 unspecified atom stereocenters. The van der Waals surface area contributed by atoms with E-state index in [1.165, 1.54) is 0 Å². The molecule has 0 radical (unpaired) electrons. The molecule has 3 amide bonds. The Labute approximate surface area is 81.4 Å². The van der Waals surface area contributed by atoms with Gasteiger partial charge >= 0.3 is 0 Å². The molecule has 0 aromatic rings. The second-order valence-electron chi connectivity index (χ2n) is 3.28. The molecule has 0 aromatic heterocycles. The Morgan fingerprint density at radius 3 is 2.43 bits per heavy atom. The van der Waals surface area contributed by atoms with Crippen LogP contribution in [0.4, 0.5) is 0 Å². The number of rotatable bonds is 3. The van der Waals surface area contributed by atoms with E-state index < -0.39 is 11.9 Å². The number of amides is 3. The Bertz CT molecular complexity index is 261. The van der Waals surface area contributed by atoms with Crippen LogP contribution in [0.1, 0.15) is 13.3 Å². The van der Waals surface area contributed by atoms with E-state index in [2.05, 4.69) is 5.32 Å². The molecule has 1 aliphatic rings. The Kier molecular flexibility index (Phi) is 3.19. The maximum absolute atomic E-state index is 11.3. The lowest BCUT2D eigenvalue weighted by molar-refractivity contribution is -0.149. The van der Waals surface area contributed by atoms with E-state index in [-0.39, 0.29) is 31.3 Å². The highest BCUT2D eigenvalue weighted by Gasteiger charge is 2.30. The number of hydrogen-bond acceptors (Lipinski definition) is 4. The second kappa shape index (κ2) is 4.19. The van der Waals surface area contributed by atoms with Gasteiger partial charge in [-0.2, -0.15) is 0 Å². The molecule has 1 rings (SSSR count). The van der Waals surface area contributed by atoms with Crippen molar-refractivity contribution >= 4 is 17.7 Å². The third kappa shape index (κ3) is 2.29. The lowest BCUT2D eigenvalue weighted by atomic mass is 10.1. The maximum atomic E-state index is 11.3. The van der Waals surface area contributed by atoms with Crippen molar-refractivity contribution in [1.29, 1.82) is 0 Å². The summed E-state index contributed by atoms with van der Waals surface area (Å²) in [6, 6.07) is -0.449. The van der Waals surface area contributed by atoms with Crippen molar-refractivity contribution in [1.82, 2.24) is 10.2 Å². The van der Waals surface area contributed by atoms with Crippen molar-refractivity contribution in [3.05, 3.63) is 0 Å². The molecule has 3 N–H and O–H groups in total. The van der Waals surface area contributed by atoms with Gasteiger partial charge in [0.2, 0.25) is 17.7 Å². The van der Waals surface area contributed by atoms with Crippen molar-refractivity contribution in [2.24, 2.45) is 5.73 Å². The van der Waals surface area contributed by atoms with E-state index in [9.17, 15) is 14.4 Å². The van der Waals surface area contributed by atoms with Gasteiger partial charge < -0.3 is 5.73 Å². The molecule has 78 valence electrons. The third-order valence-corrected chi connectivity index (χ3v) is 2.03. The van der Waals surface area contributed by atoms with Crippen molar-refractivity contribution in [2.75, 3.05) is 13.1 Å². The highest BCUT2D eigenvalue weighted by molar-refractivity contribution is 6.00. The average molecular weight is 199 g/mol. The van der Waals surface area contributed by atoms with Gasteiger partial charge in [0.25, 0.3) is 0 Å². The summed E-state index contributed by atoms with van der Waals surface area (Å²) < 4.78 is 0. The van der Waals surface area contributed by atoms with Gasteiger partial charge in [0, 0.05) is 12.5 Å². The third-order valence-electron chi connectivity index (χ3n) is 2.03. The summed E-state index contributed by atoms with van der Waals surface area (Å²) in [5.41, 5.74) is 4.99. The van der Waals surface area contributed by atoms with Crippen molar-refractivity contribution in [3.63, 3.8) is 0 Å². The Morgan fingerprint density at radius 2 is 2.00 bits per heavy atom. The second-order valence-corrected chi connectivity index (χ2v) is 3.28. The molecule has 1 heterocycles. The van der Waals surface area contributed by atoms with Gasteiger partial charge in [0.15, 0.2) is 0 Å². The number of piperazine rings is 1. The quantitative estimate of drug-likeness (QED) is 0.525. The number of carbonyl (C=O) groups is 3. The molecular formula is C8H13N3O3. The number of hydrogen-bond donors (Lipinski definition) is 2. The Morgan fingerprint density at radius 1 is 1.50 bits per heavy atom. The van der Waals surface area contributed by atoms with Crippen LogP contribution in [0.5, 0.6) is 0 Å². The lowest BCUT2D eigenvalue weighted by Crippen LogP contribution is -2.55. The van der Waals surface area contributed by atoms with Crippen LogP contribution < -0.4 is 11.1 Å². The monoisotopic (exact) mass is 199 g/mol. The van der Waals surface area contributed by atoms with Crippen LogP contribution >= 0.6 is 0 Å². The number of imide groups is 1. The predicted octanol–water partition coefficient (Wildman–Crippen LogP) is -1.79. The molecule has 0 aliphatic carbocycles. The van der Waals surface area contributed by atoms with Crippen LogP contribution in [-0.2, 0) is 14.4 Å². The van der Waals surface area contributed by atoms with Crippen LogP contribution in [0.25, 0.3) is 0 Å². The first-order valence-corrected chi connectivity index (χ1v) is 4.36. The van der Waals surface area contributed by atoms with Crippen LogP contribution in [-0.4, -0.2) is 41.8 Å². The van der Waals surface area contributed by atoms with Crippen LogP contribution in [0, 0.1) is 0 Å². The van der Waals surface area contributed by atoms with Gasteiger partial charge in [-0.3, -0.25) is 24.6 Å². The first-order chi connectivity index (χ1) is 6.52. The molecule has 6 nitrogen and oxygen atoms in total. The normalized spacial score (nSPS) is 19.6. The number of nitrogens with zero attached hydrogens (tertiary/aromatic N) is 1. The first kappa shape index (κ1) is 10.6. The van der Waals surface area contributed by atoms with E-state index in [1.807, 2.05) is 0 Å². The van der Waals surface area contributed by atoms with Crippen molar-refractivity contribution in [2.45, 2.75) is 19.4 Å². The van der Waals surface area contributed by atoms with Gasteiger partial charge in [-0.25, -0.2) is 0 Å². The summed E-state index contributed by atoms with van der Waals surface area (Å²) in [5.74, 6) is -1.14. The van der Waals surface area contributed by atoms with Gasteiger partial charge in [0.05, 0.1) is 13.1 Å². The van der Waals surface area contributed by atoms with Crippen molar-refractivity contribution < 1.29 is 14.4 Å². The van der Waals surface area contributed by atoms with E-state index in [0.717, 1.165) is 4.90 Å². The van der Waals surface area contributed by atoms with Gasteiger partial charge in [-0.05, 0) is 6.92 Å². The van der Waals surface area contributed by atoms with Gasteiger partial charge in [-0.15, -0.1) is 0 Å². The van der Waals surface area contributed by atoms with E-state index >= 15 is 0 Å². The molecule has 1 atom stereocenters. The van der Waals surface area contributed by atoms with E-state index in [0.29, 0.717) is 0 Å². The van der Waals surface area contributed by atoms with Crippen LogP contribution in [0.3, 0.4) is 0 Å². The van der Waals surface area contributed by atoms with Crippen LogP contribution in [0.2, 0.25) is 0 Å². The predicted molar refractivity (Wildman–Crippen MR) is 48.0 cm³/mol. The molecule has 1 saturated heterocycles. The number of carbonyl (C=O) groups excluding carboxylic acids is 3. The molecule has 0 aromatic carbocycles. The average Bonchev–Trinajstić information content (AvgIpc) is 2.01. The number of nitrogens with two attached hydrogens (primary N) is 1. The summed E-state index contributed by atoms with van der Waals surface area (Å²) in [7, 11) is 0. The largest absolute Gasteiger partial charge is 0.370 e. The standard InChI is InChI=1S/C8H13N3O3/c1-5(2-6(9)12)11-7(13)3-10-4-8(11)14/h5,10H,2-4H2,1H3,(H2,9,12). The smallest absolute Gasteiger partial charge is 0.243 e. The Balaban J connectivity index is 2.67. The SMILES string of the molecule is CC(CC(N)=O)N1C(=O)CNCC1=O. The molecule has 0 saturated carbocycles. The zero-order valence-corrected chi connectivity index (χ0v) is 7.95.